The van der Waals surface area contributed by atoms with Gasteiger partial charge in [0, 0.05) is 27.2 Å². The van der Waals surface area contributed by atoms with E-state index in [1.807, 2.05) is 25.1 Å². The van der Waals surface area contributed by atoms with Gasteiger partial charge >= 0.3 is 11.7 Å². The standard InChI is InChI=1S/C16H23N5O2/c1-12(10-11-13-8-6-5-7-9-13)17-15(22)21-16(23)20(4)14(18-21)19(2)3/h5-9,12H,10-11H2,1-4H3,(H,17,22). The first-order chi connectivity index (χ1) is 10.9. The summed E-state index contributed by atoms with van der Waals surface area (Å²) in [5, 5.41) is 6.88. The molecule has 2 rings (SSSR count). The lowest BCUT2D eigenvalue weighted by molar-refractivity contribution is 0.235. The van der Waals surface area contributed by atoms with Gasteiger partial charge in [-0.25, -0.2) is 9.59 Å². The lowest BCUT2D eigenvalue weighted by Crippen LogP contribution is -2.41. The van der Waals surface area contributed by atoms with Crippen molar-refractivity contribution in [3.8, 4) is 0 Å². The van der Waals surface area contributed by atoms with Gasteiger partial charge in [0.1, 0.15) is 0 Å². The second-order valence-electron chi connectivity index (χ2n) is 5.82. The van der Waals surface area contributed by atoms with Crippen LogP contribution in [-0.2, 0) is 13.5 Å². The maximum Gasteiger partial charge on any atom is 0.355 e. The third kappa shape index (κ3) is 4.00. The number of hydrogen-bond acceptors (Lipinski definition) is 4. The van der Waals surface area contributed by atoms with E-state index in [0.717, 1.165) is 17.5 Å². The molecule has 0 spiro atoms. The maximum absolute atomic E-state index is 12.2. The Hall–Kier alpha value is -2.57. The van der Waals surface area contributed by atoms with Crippen molar-refractivity contribution in [1.29, 1.82) is 0 Å². The van der Waals surface area contributed by atoms with E-state index < -0.39 is 11.7 Å². The Morgan fingerprint density at radius 3 is 2.52 bits per heavy atom. The average Bonchev–Trinajstić information content (AvgIpc) is 2.82. The fourth-order valence-corrected chi connectivity index (χ4v) is 2.32. The van der Waals surface area contributed by atoms with Crippen molar-refractivity contribution in [2.45, 2.75) is 25.8 Å². The van der Waals surface area contributed by atoms with Gasteiger partial charge in [-0.2, -0.15) is 0 Å². The molecule has 1 heterocycles. The van der Waals surface area contributed by atoms with E-state index in [0.29, 0.717) is 5.95 Å². The van der Waals surface area contributed by atoms with Gasteiger partial charge in [0.2, 0.25) is 5.95 Å². The van der Waals surface area contributed by atoms with Crippen molar-refractivity contribution in [3.63, 3.8) is 0 Å². The predicted octanol–water partition coefficient (Wildman–Crippen LogP) is 1.23. The van der Waals surface area contributed by atoms with Crippen LogP contribution < -0.4 is 15.9 Å². The Balaban J connectivity index is 1.99. The molecule has 1 aromatic carbocycles. The number of amides is 1. The van der Waals surface area contributed by atoms with Crippen LogP contribution in [0.25, 0.3) is 0 Å². The monoisotopic (exact) mass is 317 g/mol. The first-order valence-corrected chi connectivity index (χ1v) is 7.58. The number of nitrogens with zero attached hydrogens (tertiary/aromatic N) is 4. The summed E-state index contributed by atoms with van der Waals surface area (Å²) in [6, 6.07) is 9.52. The normalized spacial score (nSPS) is 12.0. The summed E-state index contributed by atoms with van der Waals surface area (Å²) in [5.41, 5.74) is 0.764. The van der Waals surface area contributed by atoms with Crippen LogP contribution in [0, 0.1) is 0 Å². The van der Waals surface area contributed by atoms with Crippen molar-refractivity contribution in [2.75, 3.05) is 19.0 Å². The van der Waals surface area contributed by atoms with Gasteiger partial charge in [-0.05, 0) is 25.3 Å². The fraction of sp³-hybridized carbons (Fsp3) is 0.438. The minimum absolute atomic E-state index is 0.0561. The lowest BCUT2D eigenvalue weighted by Gasteiger charge is -2.13. The fourth-order valence-electron chi connectivity index (χ4n) is 2.32. The number of nitrogens with one attached hydrogen (secondary N) is 1. The number of benzene rings is 1. The third-order valence-electron chi connectivity index (χ3n) is 3.63. The number of carbonyl (C=O) groups is 1. The van der Waals surface area contributed by atoms with Crippen LogP contribution >= 0.6 is 0 Å². The van der Waals surface area contributed by atoms with E-state index in [1.165, 1.54) is 10.1 Å². The van der Waals surface area contributed by atoms with Crippen LogP contribution in [0.4, 0.5) is 10.7 Å². The molecule has 1 unspecified atom stereocenters. The van der Waals surface area contributed by atoms with E-state index in [1.54, 1.807) is 26.0 Å². The van der Waals surface area contributed by atoms with Gasteiger partial charge in [0.25, 0.3) is 0 Å². The van der Waals surface area contributed by atoms with E-state index in [4.69, 9.17) is 0 Å². The van der Waals surface area contributed by atoms with E-state index in [9.17, 15) is 9.59 Å². The van der Waals surface area contributed by atoms with Gasteiger partial charge in [-0.1, -0.05) is 30.3 Å². The summed E-state index contributed by atoms with van der Waals surface area (Å²) < 4.78 is 2.21. The number of rotatable bonds is 5. The highest BCUT2D eigenvalue weighted by Gasteiger charge is 2.18. The largest absolute Gasteiger partial charge is 0.355 e. The Morgan fingerprint density at radius 2 is 1.96 bits per heavy atom. The van der Waals surface area contributed by atoms with E-state index in [2.05, 4.69) is 22.5 Å². The Kier molecular flexibility index (Phi) is 5.20. The highest BCUT2D eigenvalue weighted by Crippen LogP contribution is 2.05. The molecule has 0 radical (unpaired) electrons. The highest BCUT2D eigenvalue weighted by molar-refractivity contribution is 5.76. The Labute approximate surface area is 135 Å². The van der Waals surface area contributed by atoms with Crippen molar-refractivity contribution in [3.05, 3.63) is 46.4 Å². The van der Waals surface area contributed by atoms with Crippen molar-refractivity contribution >= 4 is 12.0 Å². The van der Waals surface area contributed by atoms with E-state index in [-0.39, 0.29) is 6.04 Å². The molecule has 1 N–H and O–H groups in total. The molecular weight excluding hydrogens is 294 g/mol. The summed E-state index contributed by atoms with van der Waals surface area (Å²) >= 11 is 0. The van der Waals surface area contributed by atoms with Gasteiger partial charge in [0.15, 0.2) is 0 Å². The Morgan fingerprint density at radius 1 is 1.30 bits per heavy atom. The molecule has 23 heavy (non-hydrogen) atoms. The topological polar surface area (TPSA) is 72.2 Å². The molecule has 0 aliphatic heterocycles. The minimum Gasteiger partial charge on any atom is -0.347 e. The molecule has 2 aromatic rings. The van der Waals surface area contributed by atoms with Crippen LogP contribution in [0.1, 0.15) is 18.9 Å². The number of aryl methyl sites for hydroxylation is 1. The van der Waals surface area contributed by atoms with Crippen LogP contribution in [0.2, 0.25) is 0 Å². The Bertz CT molecular complexity index is 718. The summed E-state index contributed by atoms with van der Waals surface area (Å²) in [5.74, 6) is 0.432. The quantitative estimate of drug-likeness (QED) is 0.900. The highest BCUT2D eigenvalue weighted by atomic mass is 16.2. The van der Waals surface area contributed by atoms with Crippen molar-refractivity contribution in [2.24, 2.45) is 7.05 Å². The molecule has 0 fully saturated rings. The molecule has 0 saturated carbocycles. The summed E-state index contributed by atoms with van der Waals surface area (Å²) in [4.78, 5) is 26.0. The van der Waals surface area contributed by atoms with Gasteiger partial charge in [-0.15, -0.1) is 9.78 Å². The first-order valence-electron chi connectivity index (χ1n) is 7.58. The predicted molar refractivity (Wildman–Crippen MR) is 89.9 cm³/mol. The molecule has 7 heteroatoms. The molecule has 0 bridgehead atoms. The van der Waals surface area contributed by atoms with Crippen LogP contribution in [0.3, 0.4) is 0 Å². The number of aromatic nitrogens is 3. The van der Waals surface area contributed by atoms with Crippen LogP contribution in [0.5, 0.6) is 0 Å². The third-order valence-corrected chi connectivity index (χ3v) is 3.63. The maximum atomic E-state index is 12.2. The minimum atomic E-state index is -0.501. The zero-order valence-corrected chi connectivity index (χ0v) is 14.0. The molecular formula is C16H23N5O2. The molecule has 7 nitrogen and oxygen atoms in total. The zero-order valence-electron chi connectivity index (χ0n) is 14.0. The summed E-state index contributed by atoms with van der Waals surface area (Å²) in [7, 11) is 5.13. The smallest absolute Gasteiger partial charge is 0.347 e. The lowest BCUT2D eigenvalue weighted by atomic mass is 10.1. The molecule has 1 atom stereocenters. The summed E-state index contributed by atoms with van der Waals surface area (Å²) in [6.07, 6.45) is 1.65. The van der Waals surface area contributed by atoms with Crippen molar-refractivity contribution in [1.82, 2.24) is 19.7 Å². The molecule has 0 aliphatic rings. The SMILES string of the molecule is CC(CCc1ccccc1)NC(=O)n1nc(N(C)C)n(C)c1=O. The van der Waals surface area contributed by atoms with Crippen LogP contribution in [-0.4, -0.2) is 40.5 Å². The molecule has 1 aromatic heterocycles. The first kappa shape index (κ1) is 16.8. The second-order valence-corrected chi connectivity index (χ2v) is 5.82. The number of anilines is 1. The van der Waals surface area contributed by atoms with E-state index >= 15 is 0 Å². The van der Waals surface area contributed by atoms with Crippen LogP contribution in [0.15, 0.2) is 35.1 Å². The zero-order chi connectivity index (χ0) is 17.0. The van der Waals surface area contributed by atoms with Gasteiger partial charge in [-0.3, -0.25) is 4.57 Å². The van der Waals surface area contributed by atoms with Gasteiger partial charge in [0.05, 0.1) is 0 Å². The number of hydrogen-bond donors (Lipinski definition) is 1. The van der Waals surface area contributed by atoms with Gasteiger partial charge < -0.3 is 10.2 Å². The molecule has 1 amide bonds. The van der Waals surface area contributed by atoms with Crippen molar-refractivity contribution < 1.29 is 4.79 Å². The molecule has 0 saturated heterocycles. The molecule has 124 valence electrons. The average molecular weight is 317 g/mol. The second kappa shape index (κ2) is 7.13. The molecule has 0 aliphatic carbocycles. The number of carbonyl (C=O) groups excluding carboxylic acids is 1. The summed E-state index contributed by atoms with van der Waals surface area (Å²) in [6.45, 7) is 1.92.